The molecule has 0 saturated heterocycles. The summed E-state index contributed by atoms with van der Waals surface area (Å²) in [5.74, 6) is 9.33. The smallest absolute Gasteiger partial charge is 0.308 e. The molecule has 432 valence electrons. The number of ketones is 3. The van der Waals surface area contributed by atoms with Crippen molar-refractivity contribution in [1.29, 1.82) is 0 Å². The number of benzene rings is 3. The Labute approximate surface area is 480 Å². The maximum absolute atomic E-state index is 12.6. The molecule has 3 aromatic rings. The van der Waals surface area contributed by atoms with Gasteiger partial charge in [0.1, 0.15) is 23.1 Å². The molecule has 0 aliphatic heterocycles. The molecule has 7 nitrogen and oxygen atoms in total. The van der Waals surface area contributed by atoms with Crippen LogP contribution in [0.4, 0.5) is 0 Å². The standard InChI is InChI=1S/C27H38O2.C26H36O2.C20H24O3/c1-25-16-17-27(29,15-12-19-6-4-3-5-7-19)18-20(25)8-9-21-22-10-11-24(28)26(22,2)14-13-23(21)25;1-24-14-15-26(28,16-18-6-4-3-5-7-18)17-19(24)8-9-20-21-10-11-23(27)25(21,2)13-12-22(20)24;1-12(21)23-14-4-6-15-13(11-14)3-5-17-16(15)9-10-20(2)18(17)7-8-19(20)22/h3-7,20-23,29H,8-18H2,1-2H3;3-7,19-22,28H,8-17H2,1-2H3;4,6,11,16-18H,3,5,7-10H2,1-2H3/t20?,21?,22?,23?,25-,26-,27+;19?,20?,21?,22?,24-,25-,26-;16?,17?,18?,20-/m000/s1. The Bertz CT molecular complexity index is 2810. The van der Waals surface area contributed by atoms with Crippen LogP contribution >= 0.6 is 0 Å². The highest BCUT2D eigenvalue weighted by Gasteiger charge is 2.63. The van der Waals surface area contributed by atoms with Crippen molar-refractivity contribution in [2.45, 2.75) is 232 Å². The van der Waals surface area contributed by atoms with E-state index in [-0.39, 0.29) is 22.2 Å². The van der Waals surface area contributed by atoms with Crippen molar-refractivity contribution in [3.05, 3.63) is 101 Å². The molecule has 18 atom stereocenters. The van der Waals surface area contributed by atoms with E-state index in [4.69, 9.17) is 4.74 Å². The Kier molecular flexibility index (Phi) is 15.0. The first kappa shape index (κ1) is 56.5. The summed E-state index contributed by atoms with van der Waals surface area (Å²) in [5.41, 5.74) is 4.98. The highest BCUT2D eigenvalue weighted by molar-refractivity contribution is 5.88. The van der Waals surface area contributed by atoms with Crippen LogP contribution in [0.2, 0.25) is 0 Å². The van der Waals surface area contributed by atoms with E-state index in [1.165, 1.54) is 74.1 Å². The van der Waals surface area contributed by atoms with Crippen molar-refractivity contribution in [2.24, 2.45) is 86.3 Å². The third-order valence-electron chi connectivity index (χ3n) is 26.8. The number of rotatable bonds is 6. The minimum atomic E-state index is -0.537. The van der Waals surface area contributed by atoms with Gasteiger partial charge in [0.25, 0.3) is 0 Å². The lowest BCUT2D eigenvalue weighted by molar-refractivity contribution is -0.155. The summed E-state index contributed by atoms with van der Waals surface area (Å²) in [6.45, 7) is 13.3. The van der Waals surface area contributed by atoms with Gasteiger partial charge in [-0.05, 0) is 258 Å². The molecule has 0 radical (unpaired) electrons. The summed E-state index contributed by atoms with van der Waals surface area (Å²) < 4.78 is 5.23. The van der Waals surface area contributed by atoms with Crippen LogP contribution in [0.1, 0.15) is 224 Å². The number of carbonyl (C=O) groups is 4. The minimum Gasteiger partial charge on any atom is -0.427 e. The van der Waals surface area contributed by atoms with Gasteiger partial charge < -0.3 is 14.9 Å². The zero-order valence-corrected chi connectivity index (χ0v) is 49.9. The average molecular weight is 1090 g/mol. The SMILES string of the molecule is CC(=O)Oc1ccc2c(c1)CCC1C2CC[C@]2(C)C(=O)CCC12.C[C@]12CC[C@](O)(CCc3ccccc3)CC1CCC1C2CC[C@]2(C)C(=O)CCC12.C[C@]12CC[C@](O)(Cc3ccccc3)CC1CCC1C2CC[C@]2(C)C(=O)CCC12. The first-order valence-corrected chi connectivity index (χ1v) is 32.6. The largest absolute Gasteiger partial charge is 0.427 e. The molecule has 0 aromatic heterocycles. The molecule has 11 aliphatic carbocycles. The first-order chi connectivity index (χ1) is 38.2. The molecule has 11 aliphatic rings. The second-order valence-electron chi connectivity index (χ2n) is 30.4. The molecule has 11 unspecified atom stereocenters. The van der Waals surface area contributed by atoms with Gasteiger partial charge in [-0.15, -0.1) is 0 Å². The van der Waals surface area contributed by atoms with E-state index in [1.807, 2.05) is 12.1 Å². The van der Waals surface area contributed by atoms with Crippen molar-refractivity contribution >= 4 is 23.3 Å². The zero-order valence-electron chi connectivity index (χ0n) is 49.9. The number of esters is 1. The number of hydrogen-bond donors (Lipinski definition) is 2. The predicted octanol–water partition coefficient (Wildman–Crippen LogP) is 15.6. The normalized spacial score (nSPS) is 43.8. The molecule has 3 aromatic carbocycles. The monoisotopic (exact) mass is 1090 g/mol. The van der Waals surface area contributed by atoms with Crippen LogP contribution in [0.5, 0.6) is 5.75 Å². The molecule has 0 amide bonds. The lowest BCUT2D eigenvalue weighted by atomic mass is 9.44. The fraction of sp³-hybridized carbons (Fsp3) is 0.699. The van der Waals surface area contributed by atoms with E-state index in [0.717, 1.165) is 152 Å². The Morgan fingerprint density at radius 1 is 0.500 bits per heavy atom. The van der Waals surface area contributed by atoms with Crippen LogP contribution in [0.25, 0.3) is 0 Å². The molecule has 14 rings (SSSR count). The molecule has 10 fully saturated rings. The average Bonchev–Trinajstić information content (AvgIpc) is 4.13. The highest BCUT2D eigenvalue weighted by Crippen LogP contribution is 2.69. The van der Waals surface area contributed by atoms with Crippen molar-refractivity contribution in [1.82, 2.24) is 0 Å². The van der Waals surface area contributed by atoms with Crippen molar-refractivity contribution < 1.29 is 34.1 Å². The summed E-state index contributed by atoms with van der Waals surface area (Å²) >= 11 is 0. The number of carbonyl (C=O) groups excluding carboxylic acids is 4. The molecular weight excluding hydrogens is 989 g/mol. The van der Waals surface area contributed by atoms with Crippen LogP contribution in [0.15, 0.2) is 78.9 Å². The van der Waals surface area contributed by atoms with Crippen molar-refractivity contribution in [2.75, 3.05) is 0 Å². The number of Topliss-reactive ketones (excluding diaryl/α,β-unsaturated/α-hetero) is 3. The topological polar surface area (TPSA) is 118 Å². The highest BCUT2D eigenvalue weighted by atomic mass is 16.5. The summed E-state index contributed by atoms with van der Waals surface area (Å²) in [7, 11) is 0. The van der Waals surface area contributed by atoms with Crippen LogP contribution in [0, 0.1) is 86.3 Å². The maximum Gasteiger partial charge on any atom is 0.308 e. The third kappa shape index (κ3) is 9.88. The second-order valence-corrected chi connectivity index (χ2v) is 30.4. The summed E-state index contributed by atoms with van der Waals surface area (Å²) in [6, 6.07) is 27.3. The Hall–Kier alpha value is -3.94. The van der Waals surface area contributed by atoms with E-state index in [9.17, 15) is 29.4 Å². The van der Waals surface area contributed by atoms with Gasteiger partial charge in [0, 0.05) is 48.9 Å². The fourth-order valence-electron chi connectivity index (χ4n) is 22.1. The third-order valence-corrected chi connectivity index (χ3v) is 26.8. The Morgan fingerprint density at radius 2 is 0.988 bits per heavy atom. The van der Waals surface area contributed by atoms with E-state index in [2.05, 4.69) is 101 Å². The summed E-state index contributed by atoms with van der Waals surface area (Å²) in [4.78, 5) is 48.7. The number of fused-ring (bicyclic) bond motifs is 15. The predicted molar refractivity (Wildman–Crippen MR) is 316 cm³/mol. The molecule has 0 bridgehead atoms. The van der Waals surface area contributed by atoms with Gasteiger partial charge in [-0.25, -0.2) is 0 Å². The van der Waals surface area contributed by atoms with Crippen molar-refractivity contribution in [3.8, 4) is 5.75 Å². The van der Waals surface area contributed by atoms with E-state index < -0.39 is 11.2 Å². The number of aliphatic hydroxyl groups is 2. The number of hydrogen-bond acceptors (Lipinski definition) is 7. The quantitative estimate of drug-likeness (QED) is 0.186. The molecule has 7 heteroatoms. The minimum absolute atomic E-state index is 0.0184. The van der Waals surface area contributed by atoms with Gasteiger partial charge in [-0.3, -0.25) is 19.2 Å². The number of ether oxygens (including phenoxy) is 1. The van der Waals surface area contributed by atoms with Crippen molar-refractivity contribution in [3.63, 3.8) is 0 Å². The molecule has 10 saturated carbocycles. The molecule has 0 spiro atoms. The Morgan fingerprint density at radius 3 is 1.52 bits per heavy atom. The van der Waals surface area contributed by atoms with E-state index >= 15 is 0 Å². The molecule has 80 heavy (non-hydrogen) atoms. The lowest BCUT2D eigenvalue weighted by Gasteiger charge is -2.61. The van der Waals surface area contributed by atoms with Gasteiger partial charge >= 0.3 is 5.97 Å². The van der Waals surface area contributed by atoms with Gasteiger partial charge in [0.05, 0.1) is 11.2 Å². The summed E-state index contributed by atoms with van der Waals surface area (Å²) in [5, 5.41) is 22.9. The van der Waals surface area contributed by atoms with Crippen LogP contribution in [-0.4, -0.2) is 44.7 Å². The summed E-state index contributed by atoms with van der Waals surface area (Å²) in [6.07, 6.45) is 28.7. The molecular formula is C73H98O7. The van der Waals surface area contributed by atoms with Gasteiger partial charge in [-0.1, -0.05) is 101 Å². The zero-order chi connectivity index (χ0) is 56.0. The van der Waals surface area contributed by atoms with Gasteiger partial charge in [0.15, 0.2) is 0 Å². The van der Waals surface area contributed by atoms with Crippen LogP contribution in [0.3, 0.4) is 0 Å². The van der Waals surface area contributed by atoms with Crippen LogP contribution < -0.4 is 4.74 Å². The second kappa shape index (κ2) is 21.3. The Balaban J connectivity index is 0.000000120. The molecule has 2 N–H and O–H groups in total. The number of aryl methyl sites for hydroxylation is 2. The van der Waals surface area contributed by atoms with E-state index in [1.54, 1.807) is 0 Å². The van der Waals surface area contributed by atoms with Gasteiger partial charge in [-0.2, -0.15) is 0 Å². The van der Waals surface area contributed by atoms with Crippen LogP contribution in [-0.2, 0) is 38.4 Å². The first-order valence-electron chi connectivity index (χ1n) is 32.6. The lowest BCUT2D eigenvalue weighted by Crippen LogP contribution is -2.56. The molecule has 0 heterocycles. The van der Waals surface area contributed by atoms with E-state index in [0.29, 0.717) is 75.4 Å². The fourth-order valence-corrected chi connectivity index (χ4v) is 22.1. The van der Waals surface area contributed by atoms with Gasteiger partial charge in [0.2, 0.25) is 0 Å². The maximum atomic E-state index is 12.6.